The zero-order valence-corrected chi connectivity index (χ0v) is 82.3. The van der Waals surface area contributed by atoms with Gasteiger partial charge in [-0.1, -0.05) is 70.9 Å². The average molecular weight is 1890 g/mol. The van der Waals surface area contributed by atoms with Crippen LogP contribution < -0.4 is 24.3 Å². The molecule has 8 aliphatic heterocycles. The first-order valence-electron chi connectivity index (χ1n) is 45.0. The van der Waals surface area contributed by atoms with Crippen LogP contribution >= 0.6 is 0 Å². The second kappa shape index (κ2) is 36.3. The van der Waals surface area contributed by atoms with E-state index in [1.807, 2.05) is 193 Å². The largest absolute Gasteiger partial charge is 0.491 e. The van der Waals surface area contributed by atoms with E-state index in [1.165, 1.54) is 17.0 Å². The highest BCUT2D eigenvalue weighted by Gasteiger charge is 2.51. The summed E-state index contributed by atoms with van der Waals surface area (Å²) in [4.78, 5) is 113. The van der Waals surface area contributed by atoms with Crippen LogP contribution in [-0.2, 0) is 90.0 Å². The van der Waals surface area contributed by atoms with Crippen LogP contribution in [0.15, 0.2) is 175 Å². The van der Waals surface area contributed by atoms with Gasteiger partial charge in [-0.15, -0.1) is 6.42 Å². The lowest BCUT2D eigenvalue weighted by Gasteiger charge is -2.32. The lowest BCUT2D eigenvalue weighted by Crippen LogP contribution is -2.33. The SMILES string of the molecule is C#Cc1cccc(N2C(=O)C(C)(C)c3cc(C(=O)CC4(C)CCS(=O)(=O)CC4)ccc32)c1.CC(C)Oc1cccc(N2C(=O)C(C)(C)c3cc(C(=O)CC4(C)CCS(=O)(=O)CC4)ccc32)c1.CCS(=O)(=O)c1cccc(N2C(=O)C(C)(C)c3cc(C(=O)CC4(C)CCS(=O)(=O)CC4)ccc32)c1.Cc1cccc(N2C(=O)C(C)(C)c3cc(C(=O)CC4(C)CCS(=O)(=O)CC4)ccc32)c1. The van der Waals surface area contributed by atoms with Crippen molar-refractivity contribution in [2.45, 2.75) is 220 Å². The number of terminal acetylenes is 1. The van der Waals surface area contributed by atoms with Crippen molar-refractivity contribution in [2.24, 2.45) is 21.7 Å². The smallest absolute Gasteiger partial charge is 0.241 e. The Morgan fingerprint density at radius 3 is 0.917 bits per heavy atom. The van der Waals surface area contributed by atoms with E-state index in [-0.39, 0.29) is 138 Å². The Kier molecular flexibility index (Phi) is 27.2. The van der Waals surface area contributed by atoms with Crippen LogP contribution in [-0.4, -0.2) is 147 Å². The van der Waals surface area contributed by atoms with Gasteiger partial charge in [-0.05, 0) is 310 Å². The number of aryl methyl sites for hydroxylation is 1. The van der Waals surface area contributed by atoms with Gasteiger partial charge in [-0.2, -0.15) is 0 Å². The molecule has 700 valence electrons. The molecule has 0 atom stereocenters. The molecule has 16 rings (SSSR count). The predicted octanol–water partition coefficient (Wildman–Crippen LogP) is 18.6. The molecule has 132 heavy (non-hydrogen) atoms. The maximum absolute atomic E-state index is 13.5. The molecule has 28 heteroatoms. The van der Waals surface area contributed by atoms with E-state index in [1.54, 1.807) is 90.1 Å². The number of carbonyl (C=O) groups is 8. The second-order valence-corrected chi connectivity index (χ2v) is 52.3. The third-order valence-electron chi connectivity index (χ3n) is 28.2. The molecule has 0 N–H and O–H groups in total. The van der Waals surface area contributed by atoms with Gasteiger partial charge in [-0.3, -0.25) is 58.0 Å². The van der Waals surface area contributed by atoms with E-state index < -0.39 is 70.8 Å². The molecule has 0 aliphatic carbocycles. The fourth-order valence-electron chi connectivity index (χ4n) is 18.9. The van der Waals surface area contributed by atoms with Gasteiger partial charge in [0.2, 0.25) is 23.6 Å². The Labute approximate surface area is 778 Å². The van der Waals surface area contributed by atoms with E-state index in [0.29, 0.717) is 127 Å². The van der Waals surface area contributed by atoms with Crippen LogP contribution in [0, 0.1) is 40.9 Å². The molecule has 8 heterocycles. The van der Waals surface area contributed by atoms with Gasteiger partial charge in [-0.25, -0.2) is 42.1 Å². The molecule has 4 saturated heterocycles. The minimum atomic E-state index is -3.44. The molecule has 8 aromatic carbocycles. The second-order valence-electron chi connectivity index (χ2n) is 40.8. The highest BCUT2D eigenvalue weighted by Crippen LogP contribution is 2.53. The number of amides is 4. The van der Waals surface area contributed by atoms with Crippen LogP contribution in [0.3, 0.4) is 0 Å². The summed E-state index contributed by atoms with van der Waals surface area (Å²) in [6.07, 6.45) is 10.6. The van der Waals surface area contributed by atoms with Crippen molar-refractivity contribution in [3.05, 3.63) is 225 Å². The maximum Gasteiger partial charge on any atom is 0.241 e. The molecular weight excluding hydrogens is 1770 g/mol. The number of benzene rings is 8. The summed E-state index contributed by atoms with van der Waals surface area (Å²) in [6.45, 7) is 30.3. The lowest BCUT2D eigenvalue weighted by molar-refractivity contribution is -0.122. The first kappa shape index (κ1) is 98.9. The number of carbonyl (C=O) groups excluding carboxylic acids is 8. The lowest BCUT2D eigenvalue weighted by atomic mass is 9.78. The van der Waals surface area contributed by atoms with Crippen LogP contribution in [0.2, 0.25) is 0 Å². The van der Waals surface area contributed by atoms with Gasteiger partial charge >= 0.3 is 0 Å². The number of ether oxygens (including phenoxy) is 1. The molecule has 4 fully saturated rings. The quantitative estimate of drug-likeness (QED) is 0.0505. The predicted molar refractivity (Wildman–Crippen MR) is 518 cm³/mol. The third kappa shape index (κ3) is 20.7. The number of anilines is 8. The van der Waals surface area contributed by atoms with Crippen molar-refractivity contribution in [3.63, 3.8) is 0 Å². The number of fused-ring (bicyclic) bond motifs is 4. The molecular formula is C104H120N4O19S5. The third-order valence-corrected chi connectivity index (χ3v) is 36.5. The monoisotopic (exact) mass is 1890 g/mol. The molecule has 0 spiro atoms. The molecule has 8 aromatic rings. The topological polar surface area (TPSA) is 329 Å². The van der Waals surface area contributed by atoms with Gasteiger partial charge in [0, 0.05) is 65.3 Å². The molecule has 0 unspecified atom stereocenters. The van der Waals surface area contributed by atoms with E-state index in [2.05, 4.69) is 5.92 Å². The number of ketones is 4. The van der Waals surface area contributed by atoms with Crippen molar-refractivity contribution < 1.29 is 85.2 Å². The Bertz CT molecular complexity index is 6660. The average Bonchev–Trinajstić information content (AvgIpc) is 1.59. The Hall–Kier alpha value is -10.6. The van der Waals surface area contributed by atoms with Gasteiger partial charge in [0.1, 0.15) is 45.1 Å². The number of nitrogens with zero attached hydrogens (tertiary/aromatic N) is 4. The summed E-state index contributed by atoms with van der Waals surface area (Å²) >= 11 is 0. The zero-order valence-electron chi connectivity index (χ0n) is 78.3. The molecule has 8 aliphatic rings. The van der Waals surface area contributed by atoms with Crippen molar-refractivity contribution >= 4 is 141 Å². The van der Waals surface area contributed by atoms with Gasteiger partial charge in [0.25, 0.3) is 0 Å². The van der Waals surface area contributed by atoms with E-state index in [9.17, 15) is 80.4 Å². The summed E-state index contributed by atoms with van der Waals surface area (Å²) in [5.74, 6) is 3.84. The van der Waals surface area contributed by atoms with Crippen molar-refractivity contribution in [3.8, 4) is 18.1 Å². The van der Waals surface area contributed by atoms with E-state index in [0.717, 1.165) is 50.7 Å². The maximum atomic E-state index is 13.5. The highest BCUT2D eigenvalue weighted by molar-refractivity contribution is 7.92. The molecule has 23 nitrogen and oxygen atoms in total. The summed E-state index contributed by atoms with van der Waals surface area (Å²) in [7, 11) is -15.4. The summed E-state index contributed by atoms with van der Waals surface area (Å²) in [6, 6.07) is 50.6. The minimum absolute atomic E-state index is 0.00172. The van der Waals surface area contributed by atoms with Gasteiger partial charge in [0.15, 0.2) is 33.0 Å². The minimum Gasteiger partial charge on any atom is -0.491 e. The van der Waals surface area contributed by atoms with Gasteiger partial charge < -0.3 is 4.74 Å². The molecule has 4 amide bonds. The Morgan fingerprint density at radius 2 is 0.636 bits per heavy atom. The number of rotatable bonds is 20. The Morgan fingerprint density at radius 1 is 0.371 bits per heavy atom. The highest BCUT2D eigenvalue weighted by atomic mass is 32.2. The molecule has 0 bridgehead atoms. The van der Waals surface area contributed by atoms with Crippen molar-refractivity contribution in [1.82, 2.24) is 0 Å². The summed E-state index contributed by atoms with van der Waals surface area (Å²) in [5.41, 5.74) is 8.24. The zero-order chi connectivity index (χ0) is 96.6. The van der Waals surface area contributed by atoms with Crippen LogP contribution in [0.1, 0.15) is 256 Å². The summed E-state index contributed by atoms with van der Waals surface area (Å²) in [5, 5.41) is 0. The number of Topliss-reactive ketones (excluding diaryl/α,β-unsaturated/α-hetero) is 4. The molecule has 0 radical (unpaired) electrons. The van der Waals surface area contributed by atoms with E-state index >= 15 is 0 Å². The normalized spacial score (nSPS) is 20.5. The molecule has 0 aromatic heterocycles. The standard InChI is InChI=1S/C27H33NO5S.C26H31NO6S2.C26H27NO4S.C25H29NO4S/c1-18(2)33-21-8-6-7-20(16-21)28-23-10-9-19(15-22(23)26(3,4)25(28)30)24(29)17-27(5)11-13-34(31,32)14-12-27;1-5-35(32,33)20-8-6-7-19(16-20)27-22-10-9-18(15-21(22)25(2,3)24(27)29)23(28)17-26(4)11-13-34(30,31)14-12-26;1-5-18-7-6-8-20(15-18)27-22-10-9-19(16-21(22)25(2,3)24(27)29)23(28)17-26(4)11-13-32(30,31)14-12-26;1-17-6-5-7-19(14-17)26-21-9-8-18(15-20(21)24(2,3)23(26)28)22(27)16-25(4)10-12-31(29,30)13-11-25/h6-10,15-16,18H,11-14,17H2,1-5H3;6-10,15-16H,5,11-14,17H2,1-4H3;1,6-10,15-16H,11-14,17H2,2-4H3;5-9,14-15H,10-13,16H2,1-4H3. The van der Waals surface area contributed by atoms with Crippen LogP contribution in [0.4, 0.5) is 45.5 Å². The van der Waals surface area contributed by atoms with Gasteiger partial charge in [0.05, 0.1) is 124 Å². The first-order chi connectivity index (χ1) is 61.4. The number of sulfone groups is 5. The Balaban J connectivity index is 0.000000150. The van der Waals surface area contributed by atoms with Crippen molar-refractivity contribution in [2.75, 3.05) is 71.4 Å². The molecule has 0 saturated carbocycles. The fourth-order valence-corrected chi connectivity index (χ4v) is 27.1. The van der Waals surface area contributed by atoms with Crippen molar-refractivity contribution in [1.29, 1.82) is 0 Å². The van der Waals surface area contributed by atoms with Crippen LogP contribution in [0.25, 0.3) is 0 Å². The van der Waals surface area contributed by atoms with Crippen LogP contribution in [0.5, 0.6) is 5.75 Å². The first-order valence-corrected chi connectivity index (χ1v) is 54.0. The van der Waals surface area contributed by atoms with E-state index in [4.69, 9.17) is 11.2 Å². The summed E-state index contributed by atoms with van der Waals surface area (Å²) < 4.78 is 125. The number of hydrogen-bond acceptors (Lipinski definition) is 19. The number of hydrogen-bond donors (Lipinski definition) is 0. The fraction of sp³-hybridized carbons (Fsp3) is 0.442.